The van der Waals surface area contributed by atoms with Gasteiger partial charge in [0.15, 0.2) is 0 Å². The van der Waals surface area contributed by atoms with E-state index in [-0.39, 0.29) is 18.1 Å². The first-order valence-electron chi connectivity index (χ1n) is 8.12. The van der Waals surface area contributed by atoms with Crippen molar-refractivity contribution in [1.82, 2.24) is 4.90 Å². The van der Waals surface area contributed by atoms with E-state index in [9.17, 15) is 5.11 Å². The Morgan fingerprint density at radius 2 is 2.19 bits per heavy atom. The number of piperidine rings is 1. The molecular weight excluding hydrogens is 262 g/mol. The third kappa shape index (κ3) is 5.42. The quantitative estimate of drug-likeness (QED) is 0.874. The van der Waals surface area contributed by atoms with E-state index < -0.39 is 0 Å². The highest BCUT2D eigenvalue weighted by molar-refractivity contribution is 5.22. The fourth-order valence-corrected chi connectivity index (χ4v) is 2.93. The van der Waals surface area contributed by atoms with Crippen LogP contribution in [0.25, 0.3) is 0 Å². The molecule has 2 unspecified atom stereocenters. The first-order valence-corrected chi connectivity index (χ1v) is 8.12. The van der Waals surface area contributed by atoms with Crippen molar-refractivity contribution in [2.45, 2.75) is 45.8 Å². The van der Waals surface area contributed by atoms with Crippen LogP contribution in [0.3, 0.4) is 0 Å². The lowest BCUT2D eigenvalue weighted by Crippen LogP contribution is -2.45. The smallest absolute Gasteiger partial charge is 0.0614 e. The molecule has 3 nitrogen and oxygen atoms in total. The Morgan fingerprint density at radius 3 is 2.90 bits per heavy atom. The molecule has 21 heavy (non-hydrogen) atoms. The standard InChI is InChI=1S/C18H29NO2/c1-14(2)21-13-17-12-19(10-8-18(17)20)9-7-16-6-4-5-15(3)11-16/h4-6,11,14,17-18,20H,7-10,12-13H2,1-3H3. The zero-order valence-corrected chi connectivity index (χ0v) is 13.6. The Morgan fingerprint density at radius 1 is 1.38 bits per heavy atom. The van der Waals surface area contributed by atoms with Crippen LogP contribution in [0, 0.1) is 12.8 Å². The molecule has 1 N–H and O–H groups in total. The number of aliphatic hydroxyl groups is 1. The number of ether oxygens (including phenoxy) is 1. The van der Waals surface area contributed by atoms with E-state index in [4.69, 9.17) is 4.74 Å². The summed E-state index contributed by atoms with van der Waals surface area (Å²) in [5, 5.41) is 10.1. The van der Waals surface area contributed by atoms with Crippen LogP contribution in [0.2, 0.25) is 0 Å². The average Bonchev–Trinajstić information content (AvgIpc) is 2.45. The molecule has 3 heteroatoms. The number of hydrogen-bond acceptors (Lipinski definition) is 3. The molecule has 0 saturated carbocycles. The third-order valence-electron chi connectivity index (χ3n) is 4.22. The van der Waals surface area contributed by atoms with Crippen molar-refractivity contribution in [3.63, 3.8) is 0 Å². The molecule has 1 heterocycles. The second-order valence-electron chi connectivity index (χ2n) is 6.54. The van der Waals surface area contributed by atoms with Crippen molar-refractivity contribution in [3.8, 4) is 0 Å². The monoisotopic (exact) mass is 291 g/mol. The van der Waals surface area contributed by atoms with Gasteiger partial charge in [0.1, 0.15) is 0 Å². The van der Waals surface area contributed by atoms with Crippen LogP contribution in [-0.2, 0) is 11.2 Å². The van der Waals surface area contributed by atoms with Gasteiger partial charge in [-0.05, 0) is 39.2 Å². The summed E-state index contributed by atoms with van der Waals surface area (Å²) in [4.78, 5) is 2.46. The number of hydrogen-bond donors (Lipinski definition) is 1. The summed E-state index contributed by atoms with van der Waals surface area (Å²) in [6.07, 6.45) is 1.97. The van der Waals surface area contributed by atoms with Crippen molar-refractivity contribution in [2.24, 2.45) is 5.92 Å². The van der Waals surface area contributed by atoms with E-state index in [1.165, 1.54) is 11.1 Å². The Bertz CT molecular complexity index is 433. The SMILES string of the molecule is Cc1cccc(CCN2CCC(O)C(COC(C)C)C2)c1. The third-order valence-corrected chi connectivity index (χ3v) is 4.22. The Balaban J connectivity index is 1.81. The maximum Gasteiger partial charge on any atom is 0.0614 e. The number of benzene rings is 1. The molecule has 1 aromatic rings. The number of nitrogens with zero attached hydrogens (tertiary/aromatic N) is 1. The van der Waals surface area contributed by atoms with Gasteiger partial charge in [-0.1, -0.05) is 29.8 Å². The molecule has 0 bridgehead atoms. The molecular formula is C18H29NO2. The first kappa shape index (κ1) is 16.5. The fraction of sp³-hybridized carbons (Fsp3) is 0.667. The summed E-state index contributed by atoms with van der Waals surface area (Å²) in [6, 6.07) is 8.73. The minimum atomic E-state index is -0.209. The number of likely N-dealkylation sites (tertiary alicyclic amines) is 1. The average molecular weight is 291 g/mol. The Labute approximate surface area is 128 Å². The number of aryl methyl sites for hydroxylation is 1. The van der Waals surface area contributed by atoms with Crippen LogP contribution in [0.1, 0.15) is 31.4 Å². The summed E-state index contributed by atoms with van der Waals surface area (Å²) in [5.41, 5.74) is 2.72. The molecule has 1 aliphatic rings. The molecule has 2 rings (SSSR count). The van der Waals surface area contributed by atoms with Crippen LogP contribution in [0.15, 0.2) is 24.3 Å². The first-order chi connectivity index (χ1) is 10.0. The van der Waals surface area contributed by atoms with Gasteiger partial charge in [-0.25, -0.2) is 0 Å². The van der Waals surface area contributed by atoms with Crippen LogP contribution in [0.4, 0.5) is 0 Å². The highest BCUT2D eigenvalue weighted by atomic mass is 16.5. The Hall–Kier alpha value is -0.900. The maximum atomic E-state index is 10.1. The molecule has 2 atom stereocenters. The van der Waals surface area contributed by atoms with Crippen LogP contribution in [0.5, 0.6) is 0 Å². The van der Waals surface area contributed by atoms with E-state index in [0.717, 1.165) is 32.5 Å². The van der Waals surface area contributed by atoms with Crippen molar-refractivity contribution in [2.75, 3.05) is 26.2 Å². The molecule has 0 spiro atoms. The van der Waals surface area contributed by atoms with E-state index in [1.807, 2.05) is 13.8 Å². The molecule has 0 radical (unpaired) electrons. The molecule has 1 aliphatic heterocycles. The molecule has 0 amide bonds. The second kappa shape index (κ2) is 7.92. The predicted molar refractivity (Wildman–Crippen MR) is 86.5 cm³/mol. The van der Waals surface area contributed by atoms with Gasteiger partial charge in [0, 0.05) is 25.6 Å². The van der Waals surface area contributed by atoms with Gasteiger partial charge in [-0.2, -0.15) is 0 Å². The van der Waals surface area contributed by atoms with Crippen molar-refractivity contribution < 1.29 is 9.84 Å². The number of aliphatic hydroxyl groups excluding tert-OH is 1. The number of rotatable bonds is 6. The van der Waals surface area contributed by atoms with E-state index >= 15 is 0 Å². The molecule has 0 aromatic heterocycles. The van der Waals surface area contributed by atoms with Crippen LogP contribution in [-0.4, -0.2) is 48.5 Å². The minimum absolute atomic E-state index is 0.209. The normalized spacial score (nSPS) is 23.7. The highest BCUT2D eigenvalue weighted by Gasteiger charge is 2.27. The summed E-state index contributed by atoms with van der Waals surface area (Å²) < 4.78 is 5.69. The van der Waals surface area contributed by atoms with E-state index in [1.54, 1.807) is 0 Å². The Kier molecular flexibility index (Phi) is 6.22. The second-order valence-corrected chi connectivity index (χ2v) is 6.54. The maximum absolute atomic E-state index is 10.1. The molecule has 1 fully saturated rings. The summed E-state index contributed by atoms with van der Waals surface area (Å²) in [5.74, 6) is 0.249. The van der Waals surface area contributed by atoms with Gasteiger partial charge in [-0.3, -0.25) is 0 Å². The predicted octanol–water partition coefficient (Wildman–Crippen LogP) is 2.65. The summed E-state index contributed by atoms with van der Waals surface area (Å²) >= 11 is 0. The van der Waals surface area contributed by atoms with Gasteiger partial charge >= 0.3 is 0 Å². The van der Waals surface area contributed by atoms with Crippen LogP contribution >= 0.6 is 0 Å². The molecule has 118 valence electrons. The summed E-state index contributed by atoms with van der Waals surface area (Å²) in [6.45, 7) is 9.90. The molecule has 1 aromatic carbocycles. The van der Waals surface area contributed by atoms with Gasteiger partial charge < -0.3 is 14.7 Å². The molecule has 0 aliphatic carbocycles. The van der Waals surface area contributed by atoms with Gasteiger partial charge in [0.2, 0.25) is 0 Å². The zero-order chi connectivity index (χ0) is 15.2. The lowest BCUT2D eigenvalue weighted by atomic mass is 9.95. The van der Waals surface area contributed by atoms with Gasteiger partial charge in [-0.15, -0.1) is 0 Å². The van der Waals surface area contributed by atoms with Gasteiger partial charge in [0.25, 0.3) is 0 Å². The van der Waals surface area contributed by atoms with Gasteiger partial charge in [0.05, 0.1) is 18.8 Å². The van der Waals surface area contributed by atoms with Crippen molar-refractivity contribution in [1.29, 1.82) is 0 Å². The zero-order valence-electron chi connectivity index (χ0n) is 13.6. The summed E-state index contributed by atoms with van der Waals surface area (Å²) in [7, 11) is 0. The lowest BCUT2D eigenvalue weighted by Gasteiger charge is -2.36. The largest absolute Gasteiger partial charge is 0.393 e. The van der Waals surface area contributed by atoms with E-state index in [2.05, 4.69) is 36.1 Å². The fourth-order valence-electron chi connectivity index (χ4n) is 2.93. The van der Waals surface area contributed by atoms with Crippen LogP contribution < -0.4 is 0 Å². The topological polar surface area (TPSA) is 32.7 Å². The highest BCUT2D eigenvalue weighted by Crippen LogP contribution is 2.19. The lowest BCUT2D eigenvalue weighted by molar-refractivity contribution is -0.0360. The van der Waals surface area contributed by atoms with Crippen molar-refractivity contribution >= 4 is 0 Å². The minimum Gasteiger partial charge on any atom is -0.393 e. The van der Waals surface area contributed by atoms with Crippen molar-refractivity contribution in [3.05, 3.63) is 35.4 Å². The molecule has 1 saturated heterocycles. The van der Waals surface area contributed by atoms with E-state index in [0.29, 0.717) is 6.61 Å².